The Labute approximate surface area is 129 Å². The highest BCUT2D eigenvalue weighted by molar-refractivity contribution is 6.31. The van der Waals surface area contributed by atoms with Gasteiger partial charge in [-0.2, -0.15) is 0 Å². The summed E-state index contributed by atoms with van der Waals surface area (Å²) in [6.07, 6.45) is 0.807. The monoisotopic (exact) mass is 299 g/mol. The molecule has 0 aliphatic rings. The molecule has 1 atom stereocenters. The van der Waals surface area contributed by atoms with Gasteiger partial charge in [-0.3, -0.25) is 0 Å². The van der Waals surface area contributed by atoms with Gasteiger partial charge in [0.05, 0.1) is 6.04 Å². The van der Waals surface area contributed by atoms with Crippen molar-refractivity contribution < 1.29 is 4.42 Å². The molecule has 108 valence electrons. The Hall–Kier alpha value is -1.77. The molecule has 21 heavy (non-hydrogen) atoms. The van der Waals surface area contributed by atoms with Crippen molar-refractivity contribution in [3.63, 3.8) is 0 Å². The quantitative estimate of drug-likeness (QED) is 0.738. The van der Waals surface area contributed by atoms with Crippen molar-refractivity contribution in [2.24, 2.45) is 5.73 Å². The summed E-state index contributed by atoms with van der Waals surface area (Å²) >= 11 is 6.38. The second-order valence-electron chi connectivity index (χ2n) is 5.29. The van der Waals surface area contributed by atoms with E-state index in [2.05, 4.69) is 13.0 Å². The molecule has 1 unspecified atom stereocenters. The zero-order valence-electron chi connectivity index (χ0n) is 12.2. The van der Waals surface area contributed by atoms with Gasteiger partial charge in [0.15, 0.2) is 0 Å². The second-order valence-corrected chi connectivity index (χ2v) is 5.70. The molecule has 2 N–H and O–H groups in total. The van der Waals surface area contributed by atoms with Gasteiger partial charge in [-0.1, -0.05) is 48.9 Å². The van der Waals surface area contributed by atoms with E-state index in [0.717, 1.165) is 39.8 Å². The van der Waals surface area contributed by atoms with Crippen LogP contribution in [0.5, 0.6) is 0 Å². The van der Waals surface area contributed by atoms with E-state index in [0.29, 0.717) is 5.02 Å². The van der Waals surface area contributed by atoms with Crippen molar-refractivity contribution >= 4 is 22.6 Å². The third-order valence-electron chi connectivity index (χ3n) is 3.83. The first-order valence-corrected chi connectivity index (χ1v) is 7.51. The van der Waals surface area contributed by atoms with Gasteiger partial charge < -0.3 is 10.2 Å². The summed E-state index contributed by atoms with van der Waals surface area (Å²) in [7, 11) is 0. The highest BCUT2D eigenvalue weighted by Gasteiger charge is 2.21. The average Bonchev–Trinajstić information content (AvgIpc) is 2.85. The number of aryl methyl sites for hydroxylation is 2. The maximum Gasteiger partial charge on any atom is 0.134 e. The summed E-state index contributed by atoms with van der Waals surface area (Å²) in [5.41, 5.74) is 10.5. The Kier molecular flexibility index (Phi) is 3.75. The van der Waals surface area contributed by atoms with Crippen LogP contribution in [0.2, 0.25) is 5.02 Å². The highest BCUT2D eigenvalue weighted by Crippen LogP contribution is 2.35. The van der Waals surface area contributed by atoms with E-state index in [-0.39, 0.29) is 6.04 Å². The lowest BCUT2D eigenvalue weighted by atomic mass is 9.95. The predicted octanol–water partition coefficient (Wildman–Crippen LogP) is 5.01. The standard InChI is InChI=1S/C18H18ClNO/c1-3-15-17(13-6-4-5-7-16(13)21-15)18(20)12-9-8-11(2)10-14(12)19/h4-10,18H,3,20H2,1-2H3. The fourth-order valence-corrected chi connectivity index (χ4v) is 3.11. The van der Waals surface area contributed by atoms with E-state index in [9.17, 15) is 0 Å². The Morgan fingerprint density at radius 2 is 1.95 bits per heavy atom. The zero-order chi connectivity index (χ0) is 15.0. The molecule has 3 aromatic rings. The third-order valence-corrected chi connectivity index (χ3v) is 4.16. The largest absolute Gasteiger partial charge is 0.461 e. The first-order chi connectivity index (χ1) is 10.1. The highest BCUT2D eigenvalue weighted by atomic mass is 35.5. The van der Waals surface area contributed by atoms with Crippen LogP contribution in [0.25, 0.3) is 11.0 Å². The van der Waals surface area contributed by atoms with Gasteiger partial charge >= 0.3 is 0 Å². The van der Waals surface area contributed by atoms with Crippen LogP contribution in [-0.2, 0) is 6.42 Å². The Morgan fingerprint density at radius 3 is 2.67 bits per heavy atom. The molecule has 0 saturated carbocycles. The molecule has 2 nitrogen and oxygen atoms in total. The molecular weight excluding hydrogens is 282 g/mol. The van der Waals surface area contributed by atoms with Crippen molar-refractivity contribution in [3.8, 4) is 0 Å². The topological polar surface area (TPSA) is 39.2 Å². The number of furan rings is 1. The van der Waals surface area contributed by atoms with Crippen LogP contribution in [0.15, 0.2) is 46.9 Å². The summed E-state index contributed by atoms with van der Waals surface area (Å²) in [5, 5.41) is 1.77. The average molecular weight is 300 g/mol. The minimum Gasteiger partial charge on any atom is -0.461 e. The van der Waals surface area contributed by atoms with E-state index in [1.807, 2.05) is 43.3 Å². The number of hydrogen-bond donors (Lipinski definition) is 1. The summed E-state index contributed by atoms with van der Waals surface area (Å²) in [6, 6.07) is 13.7. The maximum atomic E-state index is 6.51. The summed E-state index contributed by atoms with van der Waals surface area (Å²) in [6.45, 7) is 4.09. The zero-order valence-corrected chi connectivity index (χ0v) is 12.9. The Morgan fingerprint density at radius 1 is 1.19 bits per heavy atom. The molecule has 1 heterocycles. The van der Waals surface area contributed by atoms with Crippen LogP contribution >= 0.6 is 11.6 Å². The molecule has 1 aromatic heterocycles. The second kappa shape index (κ2) is 5.55. The summed E-state index contributed by atoms with van der Waals surface area (Å²) in [4.78, 5) is 0. The molecule has 0 aliphatic carbocycles. The van der Waals surface area contributed by atoms with Crippen molar-refractivity contribution in [3.05, 3.63) is 69.9 Å². The van der Waals surface area contributed by atoms with Crippen LogP contribution in [0.3, 0.4) is 0 Å². The smallest absolute Gasteiger partial charge is 0.134 e. The molecule has 0 amide bonds. The van der Waals surface area contributed by atoms with Crippen molar-refractivity contribution in [2.75, 3.05) is 0 Å². The summed E-state index contributed by atoms with van der Waals surface area (Å²) < 4.78 is 5.93. The van der Waals surface area contributed by atoms with Gasteiger partial charge in [0.1, 0.15) is 11.3 Å². The fourth-order valence-electron chi connectivity index (χ4n) is 2.76. The molecule has 0 fully saturated rings. The first-order valence-electron chi connectivity index (χ1n) is 7.13. The van der Waals surface area contributed by atoms with Crippen molar-refractivity contribution in [1.82, 2.24) is 0 Å². The number of para-hydroxylation sites is 1. The Balaban J connectivity index is 2.18. The van der Waals surface area contributed by atoms with Crippen LogP contribution in [-0.4, -0.2) is 0 Å². The first kappa shape index (κ1) is 14.2. The minimum atomic E-state index is -0.281. The normalized spacial score (nSPS) is 12.8. The molecule has 0 radical (unpaired) electrons. The molecule has 3 heteroatoms. The van der Waals surface area contributed by atoms with Crippen molar-refractivity contribution in [1.29, 1.82) is 0 Å². The van der Waals surface area contributed by atoms with Gasteiger partial charge in [0.25, 0.3) is 0 Å². The number of hydrogen-bond acceptors (Lipinski definition) is 2. The van der Waals surface area contributed by atoms with Gasteiger partial charge in [-0.25, -0.2) is 0 Å². The van der Waals surface area contributed by atoms with E-state index < -0.39 is 0 Å². The lowest BCUT2D eigenvalue weighted by Crippen LogP contribution is -2.13. The number of nitrogens with two attached hydrogens (primary N) is 1. The van der Waals surface area contributed by atoms with E-state index in [1.165, 1.54) is 0 Å². The number of benzene rings is 2. The lowest BCUT2D eigenvalue weighted by molar-refractivity contribution is 0.546. The van der Waals surface area contributed by atoms with Gasteiger partial charge in [0, 0.05) is 22.4 Å². The van der Waals surface area contributed by atoms with Gasteiger partial charge in [-0.15, -0.1) is 0 Å². The minimum absolute atomic E-state index is 0.281. The molecule has 0 saturated heterocycles. The fraction of sp³-hybridized carbons (Fsp3) is 0.222. The molecule has 0 spiro atoms. The van der Waals surface area contributed by atoms with Crippen LogP contribution < -0.4 is 5.73 Å². The summed E-state index contributed by atoms with van der Waals surface area (Å²) in [5.74, 6) is 0.931. The lowest BCUT2D eigenvalue weighted by Gasteiger charge is -2.15. The molecular formula is C18H18ClNO. The molecule has 0 bridgehead atoms. The number of fused-ring (bicyclic) bond motifs is 1. The molecule has 3 rings (SSSR count). The Bertz CT molecular complexity index is 791. The molecule has 0 aliphatic heterocycles. The predicted molar refractivity (Wildman–Crippen MR) is 87.8 cm³/mol. The van der Waals surface area contributed by atoms with E-state index >= 15 is 0 Å². The van der Waals surface area contributed by atoms with Gasteiger partial charge in [0.2, 0.25) is 0 Å². The number of rotatable bonds is 3. The van der Waals surface area contributed by atoms with Gasteiger partial charge in [-0.05, 0) is 30.2 Å². The maximum absolute atomic E-state index is 6.51. The SMILES string of the molecule is CCc1oc2ccccc2c1C(N)c1ccc(C)cc1Cl. The van der Waals surface area contributed by atoms with Crippen LogP contribution in [0.4, 0.5) is 0 Å². The van der Waals surface area contributed by atoms with E-state index in [1.54, 1.807) is 0 Å². The number of halogens is 1. The molecule has 2 aromatic carbocycles. The van der Waals surface area contributed by atoms with Crippen molar-refractivity contribution in [2.45, 2.75) is 26.3 Å². The van der Waals surface area contributed by atoms with Crippen LogP contribution in [0, 0.1) is 6.92 Å². The van der Waals surface area contributed by atoms with E-state index in [4.69, 9.17) is 21.8 Å². The van der Waals surface area contributed by atoms with Crippen LogP contribution in [0.1, 0.15) is 35.4 Å². The third kappa shape index (κ3) is 2.45.